The first-order chi connectivity index (χ1) is 38.4. The van der Waals surface area contributed by atoms with Crippen LogP contribution in [0.25, 0.3) is 0 Å². The van der Waals surface area contributed by atoms with Crippen LogP contribution in [0.1, 0.15) is 390 Å². The van der Waals surface area contributed by atoms with Gasteiger partial charge in [-0.25, -0.2) is 0 Å². The molecular formula is C73H144O5. The van der Waals surface area contributed by atoms with Gasteiger partial charge in [-0.15, -0.1) is 0 Å². The Balaban J connectivity index is -0.00000131. The second-order valence-electron chi connectivity index (χ2n) is 24.0. The normalized spacial score (nSPS) is 13.3. The van der Waals surface area contributed by atoms with Crippen molar-refractivity contribution in [3.63, 3.8) is 0 Å². The van der Waals surface area contributed by atoms with Crippen LogP contribution in [0.2, 0.25) is 0 Å². The van der Waals surface area contributed by atoms with E-state index in [0.29, 0.717) is 30.8 Å². The largest absolute Gasteiger partial charge is 0.468 e. The number of hydrogen-bond acceptors (Lipinski definition) is 5. The lowest BCUT2D eigenvalue weighted by Crippen LogP contribution is -2.26. The summed E-state index contributed by atoms with van der Waals surface area (Å²) in [6.45, 7) is 25.6. The smallest absolute Gasteiger partial charge is 0.293 e. The SMILES string of the molecule is CCCCC(CC)COC=O.CCCCCCCCCCC/C=C(/C=O)CCCCCCCCCC.CCCCCCCCCCC/C=C(\CCCCCCCCCC)C(OCC(CC)CCCC)OCC(CC)CCCC. The van der Waals surface area contributed by atoms with E-state index in [1.54, 1.807) is 0 Å². The molecule has 3 unspecified atom stereocenters. The molecule has 0 aliphatic carbocycles. The zero-order valence-corrected chi connectivity index (χ0v) is 55.1. The monoisotopic (exact) mass is 1100 g/mol. The minimum Gasteiger partial charge on any atom is -0.468 e. The quantitative estimate of drug-likeness (QED) is 0.0200. The topological polar surface area (TPSA) is 61.8 Å². The molecule has 0 aliphatic rings. The molecule has 0 radical (unpaired) electrons. The highest BCUT2D eigenvalue weighted by atomic mass is 16.7. The molecular weight excluding hydrogens is 957 g/mol. The number of unbranched alkanes of at least 4 members (excludes halogenated alkanes) is 35. The summed E-state index contributed by atoms with van der Waals surface area (Å²) in [5, 5.41) is 0. The molecule has 0 aromatic heterocycles. The fourth-order valence-electron chi connectivity index (χ4n) is 10.5. The zero-order chi connectivity index (χ0) is 57.9. The van der Waals surface area contributed by atoms with Crippen molar-refractivity contribution in [3.05, 3.63) is 23.3 Å². The van der Waals surface area contributed by atoms with Gasteiger partial charge >= 0.3 is 0 Å². The molecule has 5 nitrogen and oxygen atoms in total. The van der Waals surface area contributed by atoms with Crippen molar-refractivity contribution in [2.45, 2.75) is 397 Å². The van der Waals surface area contributed by atoms with E-state index in [0.717, 1.165) is 50.8 Å². The van der Waals surface area contributed by atoms with Crippen LogP contribution < -0.4 is 0 Å². The second kappa shape index (κ2) is 71.6. The Hall–Kier alpha value is -1.46. The van der Waals surface area contributed by atoms with Gasteiger partial charge in [0.05, 0.1) is 19.8 Å². The van der Waals surface area contributed by atoms with E-state index in [1.165, 1.54) is 301 Å². The van der Waals surface area contributed by atoms with Gasteiger partial charge in [0.1, 0.15) is 6.29 Å². The highest BCUT2D eigenvalue weighted by molar-refractivity contribution is 5.72. The summed E-state index contributed by atoms with van der Waals surface area (Å²) in [7, 11) is 0. The number of aldehydes is 1. The minimum atomic E-state index is -0.139. The van der Waals surface area contributed by atoms with Gasteiger partial charge in [0.2, 0.25) is 0 Å². The zero-order valence-electron chi connectivity index (χ0n) is 55.1. The fourth-order valence-corrected chi connectivity index (χ4v) is 10.5. The van der Waals surface area contributed by atoms with Crippen molar-refractivity contribution < 1.29 is 23.8 Å². The lowest BCUT2D eigenvalue weighted by Gasteiger charge is -2.27. The van der Waals surface area contributed by atoms with Gasteiger partial charge in [-0.05, 0) is 99.5 Å². The van der Waals surface area contributed by atoms with Gasteiger partial charge in [0.15, 0.2) is 6.29 Å². The molecule has 0 amide bonds. The molecule has 0 saturated carbocycles. The van der Waals surface area contributed by atoms with Gasteiger partial charge in [0, 0.05) is 0 Å². The first-order valence-electron chi connectivity index (χ1n) is 35.5. The summed E-state index contributed by atoms with van der Waals surface area (Å²) in [4.78, 5) is 21.0. The summed E-state index contributed by atoms with van der Waals surface area (Å²) in [5.41, 5.74) is 2.50. The van der Waals surface area contributed by atoms with Crippen LogP contribution in [-0.4, -0.2) is 38.9 Å². The lowest BCUT2D eigenvalue weighted by atomic mass is 9.99. The average molecular weight is 1100 g/mol. The molecule has 5 heteroatoms. The maximum atomic E-state index is 11.2. The summed E-state index contributed by atoms with van der Waals surface area (Å²) >= 11 is 0. The van der Waals surface area contributed by atoms with Gasteiger partial charge < -0.3 is 14.2 Å². The summed E-state index contributed by atoms with van der Waals surface area (Å²) < 4.78 is 18.2. The van der Waals surface area contributed by atoms with E-state index in [-0.39, 0.29) is 6.29 Å². The number of carbonyl (C=O) groups is 2. The molecule has 78 heavy (non-hydrogen) atoms. The van der Waals surface area contributed by atoms with E-state index in [9.17, 15) is 9.59 Å². The van der Waals surface area contributed by atoms with Crippen LogP contribution in [0.15, 0.2) is 23.3 Å². The molecule has 0 fully saturated rings. The Labute approximate surface area is 491 Å². The third-order valence-corrected chi connectivity index (χ3v) is 16.5. The molecule has 0 aliphatic heterocycles. The van der Waals surface area contributed by atoms with Crippen molar-refractivity contribution in [2.75, 3.05) is 19.8 Å². The Bertz CT molecular complexity index is 1160. The molecule has 0 spiro atoms. The molecule has 0 rings (SSSR count). The van der Waals surface area contributed by atoms with E-state index in [4.69, 9.17) is 14.2 Å². The number of ether oxygens (including phenoxy) is 3. The van der Waals surface area contributed by atoms with Crippen molar-refractivity contribution in [3.8, 4) is 0 Å². The molecule has 0 aromatic rings. The standard InChI is InChI=1S/C40H80O2.C24H46O.C9H18O2/c1-7-13-17-19-21-23-24-26-28-30-34-39(33-29-27-25-22-20-18-14-8-2)40(41-35-37(11-5)31-15-9-3)42-36-38(12-6)32-16-10-4;1-3-5-7-9-11-13-14-16-18-20-22-24(23-25)21-19-17-15-12-10-8-6-4-2;1-3-5-6-9(4-2)7-11-8-10/h34,37-38,40H,7-33,35-36H2,1-6H3;22-23H,3-21H2,1-2H3;8-9H,3-7H2,1-2H3/b39-34+;24-22+;. The van der Waals surface area contributed by atoms with Crippen LogP contribution in [0.3, 0.4) is 0 Å². The predicted molar refractivity (Wildman–Crippen MR) is 348 cm³/mol. The third-order valence-electron chi connectivity index (χ3n) is 16.5. The molecule has 0 aromatic carbocycles. The summed E-state index contributed by atoms with van der Waals surface area (Å²) in [6, 6.07) is 0. The van der Waals surface area contributed by atoms with E-state index in [1.807, 2.05) is 0 Å². The van der Waals surface area contributed by atoms with Gasteiger partial charge in [-0.2, -0.15) is 0 Å². The molecule has 466 valence electrons. The number of carbonyl (C=O) groups excluding carboxylic acids is 2. The third kappa shape index (κ3) is 62.1. The molecule has 0 N–H and O–H groups in total. The van der Waals surface area contributed by atoms with Gasteiger partial charge in [0.25, 0.3) is 6.47 Å². The maximum Gasteiger partial charge on any atom is 0.293 e. The first kappa shape index (κ1) is 80.8. The predicted octanol–water partition coefficient (Wildman–Crippen LogP) is 25.1. The van der Waals surface area contributed by atoms with Crippen LogP contribution in [-0.2, 0) is 23.8 Å². The number of hydrogen-bond donors (Lipinski definition) is 0. The van der Waals surface area contributed by atoms with Crippen molar-refractivity contribution in [1.82, 2.24) is 0 Å². The first-order valence-corrected chi connectivity index (χ1v) is 35.5. The van der Waals surface area contributed by atoms with E-state index in [2.05, 4.69) is 81.4 Å². The fraction of sp³-hybridized carbons (Fsp3) is 0.918. The van der Waals surface area contributed by atoms with Gasteiger partial charge in [-0.3, -0.25) is 9.59 Å². The van der Waals surface area contributed by atoms with Crippen LogP contribution in [0, 0.1) is 17.8 Å². The highest BCUT2D eigenvalue weighted by Gasteiger charge is 2.20. The van der Waals surface area contributed by atoms with Crippen LogP contribution >= 0.6 is 0 Å². The molecule has 0 bridgehead atoms. The molecule has 3 atom stereocenters. The van der Waals surface area contributed by atoms with Crippen molar-refractivity contribution in [2.24, 2.45) is 17.8 Å². The minimum absolute atomic E-state index is 0.139. The average Bonchev–Trinajstić information content (AvgIpc) is 3.46. The van der Waals surface area contributed by atoms with Crippen LogP contribution in [0.4, 0.5) is 0 Å². The van der Waals surface area contributed by atoms with Crippen molar-refractivity contribution in [1.29, 1.82) is 0 Å². The Morgan fingerprint density at radius 3 is 0.936 bits per heavy atom. The summed E-state index contributed by atoms with van der Waals surface area (Å²) in [5.74, 6) is 1.87. The second-order valence-corrected chi connectivity index (χ2v) is 24.0. The Kier molecular flexibility index (Phi) is 74.2. The maximum absolute atomic E-state index is 11.2. The van der Waals surface area contributed by atoms with E-state index < -0.39 is 0 Å². The van der Waals surface area contributed by atoms with Gasteiger partial charge in [-0.1, -0.05) is 332 Å². The lowest BCUT2D eigenvalue weighted by molar-refractivity contribution is -0.137. The number of allylic oxidation sites excluding steroid dienone is 3. The highest BCUT2D eigenvalue weighted by Crippen LogP contribution is 2.25. The van der Waals surface area contributed by atoms with Crippen molar-refractivity contribution >= 4 is 12.8 Å². The summed E-state index contributed by atoms with van der Waals surface area (Å²) in [6.07, 6.45) is 71.5. The Morgan fingerprint density at radius 2 is 0.615 bits per heavy atom. The Morgan fingerprint density at radius 1 is 0.321 bits per heavy atom. The molecule has 0 saturated heterocycles. The molecule has 0 heterocycles. The van der Waals surface area contributed by atoms with E-state index >= 15 is 0 Å². The van der Waals surface area contributed by atoms with Crippen LogP contribution in [0.5, 0.6) is 0 Å². The number of rotatable bonds is 61.